The van der Waals surface area contributed by atoms with Crippen LogP contribution in [0.25, 0.3) is 0 Å². The smallest absolute Gasteiger partial charge is 0.220 e. The van der Waals surface area contributed by atoms with Crippen LogP contribution >= 0.6 is 11.6 Å². The van der Waals surface area contributed by atoms with Gasteiger partial charge in [0.2, 0.25) is 5.91 Å². The van der Waals surface area contributed by atoms with E-state index < -0.39 is 0 Å². The van der Waals surface area contributed by atoms with E-state index >= 15 is 0 Å². The van der Waals surface area contributed by atoms with Gasteiger partial charge in [0, 0.05) is 23.4 Å². The Labute approximate surface area is 154 Å². The van der Waals surface area contributed by atoms with Crippen LogP contribution in [0.5, 0.6) is 5.75 Å². The van der Waals surface area contributed by atoms with Crippen LogP contribution < -0.4 is 10.1 Å². The van der Waals surface area contributed by atoms with Crippen LogP contribution in [0.15, 0.2) is 42.5 Å². The number of hydrogen-bond donors (Lipinski definition) is 1. The Balaban J connectivity index is 1.70. The molecule has 1 amide bonds. The molecule has 2 aromatic rings. The molecular formula is C21H24ClNO2. The van der Waals surface area contributed by atoms with Gasteiger partial charge in [-0.1, -0.05) is 47.5 Å². The maximum atomic E-state index is 12.5. The van der Waals surface area contributed by atoms with E-state index in [1.54, 1.807) is 0 Å². The van der Waals surface area contributed by atoms with Crippen molar-refractivity contribution in [3.05, 3.63) is 64.2 Å². The lowest BCUT2D eigenvalue weighted by Gasteiger charge is -2.38. The highest BCUT2D eigenvalue weighted by Gasteiger charge is 2.34. The third-order valence-corrected chi connectivity index (χ3v) is 4.91. The molecular weight excluding hydrogens is 334 g/mol. The van der Waals surface area contributed by atoms with E-state index in [1.165, 1.54) is 0 Å². The molecule has 25 heavy (non-hydrogen) atoms. The lowest BCUT2D eigenvalue weighted by molar-refractivity contribution is -0.122. The van der Waals surface area contributed by atoms with Gasteiger partial charge < -0.3 is 10.1 Å². The van der Waals surface area contributed by atoms with Gasteiger partial charge in [-0.25, -0.2) is 0 Å². The Morgan fingerprint density at radius 3 is 2.80 bits per heavy atom. The van der Waals surface area contributed by atoms with Crippen molar-refractivity contribution in [2.45, 2.75) is 51.7 Å². The summed E-state index contributed by atoms with van der Waals surface area (Å²) in [5.41, 5.74) is 2.92. The van der Waals surface area contributed by atoms with E-state index in [4.69, 9.17) is 16.3 Å². The molecule has 0 spiro atoms. The molecule has 0 aromatic heterocycles. The van der Waals surface area contributed by atoms with Gasteiger partial charge in [0.15, 0.2) is 0 Å². The number of rotatable bonds is 4. The Hall–Kier alpha value is -2.00. The average Bonchev–Trinajstić information content (AvgIpc) is 2.54. The zero-order valence-corrected chi connectivity index (χ0v) is 15.7. The molecule has 0 saturated carbocycles. The molecule has 1 atom stereocenters. The summed E-state index contributed by atoms with van der Waals surface area (Å²) in [7, 11) is 0. The highest BCUT2D eigenvalue weighted by molar-refractivity contribution is 6.31. The molecule has 0 aliphatic carbocycles. The van der Waals surface area contributed by atoms with Gasteiger partial charge in [0.1, 0.15) is 11.4 Å². The Kier molecular flexibility index (Phi) is 5.05. The van der Waals surface area contributed by atoms with E-state index in [0.29, 0.717) is 17.9 Å². The maximum absolute atomic E-state index is 12.5. The summed E-state index contributed by atoms with van der Waals surface area (Å²) in [5.74, 6) is 0.897. The lowest BCUT2D eigenvalue weighted by Crippen LogP contribution is -2.41. The van der Waals surface area contributed by atoms with Gasteiger partial charge in [-0.05, 0) is 44.9 Å². The summed E-state index contributed by atoms with van der Waals surface area (Å²) in [6.45, 7) is 6.16. The molecule has 1 heterocycles. The molecule has 1 N–H and O–H groups in total. The van der Waals surface area contributed by atoms with E-state index in [9.17, 15) is 4.79 Å². The number of hydrogen-bond acceptors (Lipinski definition) is 2. The van der Waals surface area contributed by atoms with Crippen LogP contribution in [0.4, 0.5) is 0 Å². The first kappa shape index (κ1) is 17.8. The predicted molar refractivity (Wildman–Crippen MR) is 101 cm³/mol. The normalized spacial score (nSPS) is 18.2. The van der Waals surface area contributed by atoms with Crippen LogP contribution in [0.1, 0.15) is 49.4 Å². The number of nitrogens with one attached hydrogen (secondary N) is 1. The quantitative estimate of drug-likeness (QED) is 0.836. The van der Waals surface area contributed by atoms with Crippen molar-refractivity contribution in [1.29, 1.82) is 0 Å². The van der Waals surface area contributed by atoms with Gasteiger partial charge in [0.25, 0.3) is 0 Å². The van der Waals surface area contributed by atoms with Crippen molar-refractivity contribution in [3.63, 3.8) is 0 Å². The zero-order chi connectivity index (χ0) is 18.0. The molecule has 3 nitrogen and oxygen atoms in total. The third kappa shape index (κ3) is 4.35. The van der Waals surface area contributed by atoms with Crippen LogP contribution in [-0.2, 0) is 11.2 Å². The fourth-order valence-electron chi connectivity index (χ4n) is 3.32. The number of carbonyl (C=O) groups is 1. The van der Waals surface area contributed by atoms with Crippen molar-refractivity contribution < 1.29 is 9.53 Å². The molecule has 1 aliphatic rings. The Bertz CT molecular complexity index is 785. The molecule has 0 fully saturated rings. The van der Waals surface area contributed by atoms with E-state index in [-0.39, 0.29) is 17.6 Å². The second kappa shape index (κ2) is 7.09. The van der Waals surface area contributed by atoms with Crippen LogP contribution in [0.2, 0.25) is 5.02 Å². The van der Waals surface area contributed by atoms with Gasteiger partial charge in [-0.15, -0.1) is 0 Å². The molecule has 0 radical (unpaired) electrons. The maximum Gasteiger partial charge on any atom is 0.220 e. The number of aryl methyl sites for hydroxylation is 2. The van der Waals surface area contributed by atoms with Crippen LogP contribution in [0.3, 0.4) is 0 Å². The second-order valence-corrected chi connectivity index (χ2v) is 7.73. The Morgan fingerprint density at radius 1 is 1.28 bits per heavy atom. The standard InChI is InChI=1S/C21H24ClNO2/c1-14-8-10-19-16(12-14)18(13-21(2,3)25-19)23-20(24)11-9-15-6-4-5-7-17(15)22/h4-8,10,12,18H,9,11,13H2,1-3H3,(H,23,24). The Morgan fingerprint density at radius 2 is 2.04 bits per heavy atom. The fraction of sp³-hybridized carbons (Fsp3) is 0.381. The number of amides is 1. The summed E-state index contributed by atoms with van der Waals surface area (Å²) < 4.78 is 6.06. The van der Waals surface area contributed by atoms with Crippen molar-refractivity contribution in [1.82, 2.24) is 5.32 Å². The van der Waals surface area contributed by atoms with Crippen LogP contribution in [-0.4, -0.2) is 11.5 Å². The minimum absolute atomic E-state index is 0.0302. The third-order valence-electron chi connectivity index (χ3n) is 4.54. The summed E-state index contributed by atoms with van der Waals surface area (Å²) >= 11 is 6.17. The number of halogens is 1. The van der Waals surface area contributed by atoms with E-state index in [2.05, 4.69) is 32.2 Å². The van der Waals surface area contributed by atoms with E-state index in [0.717, 1.165) is 28.9 Å². The molecule has 1 unspecified atom stereocenters. The molecule has 0 bridgehead atoms. The van der Waals surface area contributed by atoms with Crippen molar-refractivity contribution >= 4 is 17.5 Å². The topological polar surface area (TPSA) is 38.3 Å². The fourth-order valence-corrected chi connectivity index (χ4v) is 3.55. The first-order valence-corrected chi connectivity index (χ1v) is 9.04. The molecule has 4 heteroatoms. The molecule has 132 valence electrons. The number of carbonyl (C=O) groups excluding carboxylic acids is 1. The van der Waals surface area contributed by atoms with E-state index in [1.807, 2.05) is 36.4 Å². The number of fused-ring (bicyclic) bond motifs is 1. The highest BCUT2D eigenvalue weighted by atomic mass is 35.5. The summed E-state index contributed by atoms with van der Waals surface area (Å²) in [4.78, 5) is 12.5. The summed E-state index contributed by atoms with van der Waals surface area (Å²) in [5, 5.41) is 3.90. The summed E-state index contributed by atoms with van der Waals surface area (Å²) in [6, 6.07) is 13.8. The largest absolute Gasteiger partial charge is 0.487 e. The zero-order valence-electron chi connectivity index (χ0n) is 14.9. The molecule has 0 saturated heterocycles. The SMILES string of the molecule is Cc1ccc2c(c1)C(NC(=O)CCc1ccccc1Cl)CC(C)(C)O2. The first-order chi connectivity index (χ1) is 11.8. The second-order valence-electron chi connectivity index (χ2n) is 7.32. The number of ether oxygens (including phenoxy) is 1. The lowest BCUT2D eigenvalue weighted by atomic mass is 9.89. The molecule has 3 rings (SSSR count). The number of benzene rings is 2. The van der Waals surface area contributed by atoms with Crippen molar-refractivity contribution in [2.75, 3.05) is 0 Å². The van der Waals surface area contributed by atoms with Gasteiger partial charge in [-0.2, -0.15) is 0 Å². The highest BCUT2D eigenvalue weighted by Crippen LogP contribution is 2.39. The predicted octanol–water partition coefficient (Wildman–Crippen LogP) is 5.00. The minimum atomic E-state index is -0.303. The monoisotopic (exact) mass is 357 g/mol. The average molecular weight is 358 g/mol. The van der Waals surface area contributed by atoms with Crippen molar-refractivity contribution in [2.24, 2.45) is 0 Å². The van der Waals surface area contributed by atoms with Gasteiger partial charge in [0.05, 0.1) is 6.04 Å². The molecule has 2 aromatic carbocycles. The van der Waals surface area contributed by atoms with Gasteiger partial charge >= 0.3 is 0 Å². The van der Waals surface area contributed by atoms with Crippen molar-refractivity contribution in [3.8, 4) is 5.75 Å². The van der Waals surface area contributed by atoms with Gasteiger partial charge in [-0.3, -0.25) is 4.79 Å². The minimum Gasteiger partial charge on any atom is -0.487 e. The first-order valence-electron chi connectivity index (χ1n) is 8.66. The molecule has 1 aliphatic heterocycles. The van der Waals surface area contributed by atoms with Crippen LogP contribution in [0, 0.1) is 6.92 Å². The summed E-state index contributed by atoms with van der Waals surface area (Å²) in [6.07, 6.45) is 1.81.